The molecule has 0 aromatic carbocycles. The Labute approximate surface area is 121 Å². The summed E-state index contributed by atoms with van der Waals surface area (Å²) in [5.41, 5.74) is -0.725. The van der Waals surface area contributed by atoms with Crippen LogP contribution in [0.2, 0.25) is 0 Å². The molecule has 2 aliphatic rings. The molecular weight excluding hydrogens is 256 g/mol. The summed E-state index contributed by atoms with van der Waals surface area (Å²) in [5.74, 6) is 0.0487. The fourth-order valence-electron chi connectivity index (χ4n) is 2.94. The number of hydrogen-bond donors (Lipinski definition) is 3. The summed E-state index contributed by atoms with van der Waals surface area (Å²) in [6.07, 6.45) is 7.18. The molecule has 116 valence electrons. The van der Waals surface area contributed by atoms with Gasteiger partial charge in [-0.25, -0.2) is 0 Å². The third-order valence-electron chi connectivity index (χ3n) is 4.51. The van der Waals surface area contributed by atoms with Crippen molar-refractivity contribution in [2.75, 3.05) is 19.8 Å². The molecule has 1 amide bonds. The summed E-state index contributed by atoms with van der Waals surface area (Å²) < 4.78 is 5.25. The van der Waals surface area contributed by atoms with Gasteiger partial charge in [0.2, 0.25) is 5.91 Å². The van der Waals surface area contributed by atoms with E-state index in [4.69, 9.17) is 4.74 Å². The van der Waals surface area contributed by atoms with Crippen molar-refractivity contribution in [3.05, 3.63) is 0 Å². The average Bonchev–Trinajstić information content (AvgIpc) is 2.46. The lowest BCUT2D eigenvalue weighted by molar-refractivity contribution is -0.124. The first kappa shape index (κ1) is 15.7. The van der Waals surface area contributed by atoms with E-state index in [2.05, 4.69) is 10.6 Å². The first-order valence-corrected chi connectivity index (χ1v) is 7.93. The highest BCUT2D eigenvalue weighted by atomic mass is 16.5. The molecule has 1 aliphatic carbocycles. The highest BCUT2D eigenvalue weighted by Crippen LogP contribution is 2.20. The SMILES string of the molecule is CC(NCC1(O)CCOCC1)C(=O)NC1CCCCC1. The molecule has 0 spiro atoms. The lowest BCUT2D eigenvalue weighted by Crippen LogP contribution is -2.52. The van der Waals surface area contributed by atoms with Gasteiger partial charge < -0.3 is 20.5 Å². The lowest BCUT2D eigenvalue weighted by atomic mass is 9.94. The largest absolute Gasteiger partial charge is 0.388 e. The average molecular weight is 284 g/mol. The second kappa shape index (κ2) is 7.38. The van der Waals surface area contributed by atoms with Crippen LogP contribution in [0.1, 0.15) is 51.9 Å². The van der Waals surface area contributed by atoms with Gasteiger partial charge in [0.1, 0.15) is 0 Å². The van der Waals surface area contributed by atoms with Crippen LogP contribution >= 0.6 is 0 Å². The highest BCUT2D eigenvalue weighted by molar-refractivity contribution is 5.81. The second-order valence-electron chi connectivity index (χ2n) is 6.28. The molecule has 3 N–H and O–H groups in total. The molecule has 1 unspecified atom stereocenters. The van der Waals surface area contributed by atoms with E-state index in [-0.39, 0.29) is 11.9 Å². The van der Waals surface area contributed by atoms with E-state index < -0.39 is 5.60 Å². The molecule has 1 saturated heterocycles. The van der Waals surface area contributed by atoms with Crippen molar-refractivity contribution in [2.24, 2.45) is 0 Å². The third kappa shape index (κ3) is 4.72. The van der Waals surface area contributed by atoms with Gasteiger partial charge in [0.05, 0.1) is 11.6 Å². The Morgan fingerprint density at radius 1 is 1.30 bits per heavy atom. The summed E-state index contributed by atoms with van der Waals surface area (Å²) in [6, 6.07) is 0.0791. The number of hydrogen-bond acceptors (Lipinski definition) is 4. The van der Waals surface area contributed by atoms with Crippen LogP contribution in [-0.2, 0) is 9.53 Å². The first-order valence-electron chi connectivity index (χ1n) is 7.93. The van der Waals surface area contributed by atoms with Crippen molar-refractivity contribution in [3.8, 4) is 0 Å². The Morgan fingerprint density at radius 2 is 1.95 bits per heavy atom. The van der Waals surface area contributed by atoms with E-state index in [1.165, 1.54) is 19.3 Å². The van der Waals surface area contributed by atoms with Gasteiger partial charge in [-0.3, -0.25) is 4.79 Å². The molecule has 20 heavy (non-hydrogen) atoms. The van der Waals surface area contributed by atoms with Crippen LogP contribution in [0, 0.1) is 0 Å². The number of carbonyl (C=O) groups is 1. The smallest absolute Gasteiger partial charge is 0.237 e. The van der Waals surface area contributed by atoms with E-state index in [0.29, 0.717) is 38.6 Å². The first-order chi connectivity index (χ1) is 9.59. The van der Waals surface area contributed by atoms with Crippen LogP contribution in [0.4, 0.5) is 0 Å². The second-order valence-corrected chi connectivity index (χ2v) is 6.28. The summed E-state index contributed by atoms with van der Waals surface area (Å²) in [6.45, 7) is 3.51. The molecule has 0 aromatic rings. The van der Waals surface area contributed by atoms with E-state index in [9.17, 15) is 9.90 Å². The number of nitrogens with one attached hydrogen (secondary N) is 2. The molecule has 2 fully saturated rings. The van der Waals surface area contributed by atoms with Crippen molar-refractivity contribution in [1.82, 2.24) is 10.6 Å². The fraction of sp³-hybridized carbons (Fsp3) is 0.933. The standard InChI is InChI=1S/C15H28N2O3/c1-12(14(18)17-13-5-3-2-4-6-13)16-11-15(19)7-9-20-10-8-15/h12-13,16,19H,2-11H2,1H3,(H,17,18). The molecule has 1 aliphatic heterocycles. The zero-order valence-electron chi connectivity index (χ0n) is 12.5. The molecular formula is C15H28N2O3. The van der Waals surface area contributed by atoms with Gasteiger partial charge in [0.25, 0.3) is 0 Å². The summed E-state index contributed by atoms with van der Waals surface area (Å²) in [5, 5.41) is 16.6. The van der Waals surface area contributed by atoms with Crippen molar-refractivity contribution >= 4 is 5.91 Å². The minimum Gasteiger partial charge on any atom is -0.388 e. The minimum atomic E-state index is -0.725. The molecule has 5 nitrogen and oxygen atoms in total. The lowest BCUT2D eigenvalue weighted by Gasteiger charge is -2.33. The zero-order valence-corrected chi connectivity index (χ0v) is 12.5. The molecule has 1 atom stereocenters. The van der Waals surface area contributed by atoms with Crippen molar-refractivity contribution in [1.29, 1.82) is 0 Å². The maximum Gasteiger partial charge on any atom is 0.237 e. The predicted molar refractivity (Wildman–Crippen MR) is 77.5 cm³/mol. The topological polar surface area (TPSA) is 70.6 Å². The maximum absolute atomic E-state index is 12.1. The number of amides is 1. The van der Waals surface area contributed by atoms with Crippen LogP contribution in [0.5, 0.6) is 0 Å². The van der Waals surface area contributed by atoms with Crippen LogP contribution in [0.3, 0.4) is 0 Å². The number of rotatable bonds is 5. The van der Waals surface area contributed by atoms with Crippen molar-refractivity contribution in [2.45, 2.75) is 69.6 Å². The van der Waals surface area contributed by atoms with Crippen LogP contribution < -0.4 is 10.6 Å². The monoisotopic (exact) mass is 284 g/mol. The summed E-state index contributed by atoms with van der Waals surface area (Å²) >= 11 is 0. The third-order valence-corrected chi connectivity index (χ3v) is 4.51. The zero-order chi connectivity index (χ0) is 14.4. The van der Waals surface area contributed by atoms with Crippen molar-refractivity contribution < 1.29 is 14.6 Å². The highest BCUT2D eigenvalue weighted by Gasteiger charge is 2.30. The Hall–Kier alpha value is -0.650. The number of aliphatic hydroxyl groups is 1. The van der Waals surface area contributed by atoms with E-state index in [0.717, 1.165) is 12.8 Å². The van der Waals surface area contributed by atoms with Gasteiger partial charge in [-0.05, 0) is 19.8 Å². The van der Waals surface area contributed by atoms with Crippen LogP contribution in [-0.4, -0.2) is 48.5 Å². The van der Waals surface area contributed by atoms with E-state index in [1.807, 2.05) is 6.92 Å². The molecule has 5 heteroatoms. The minimum absolute atomic E-state index is 0.0487. The molecule has 0 radical (unpaired) electrons. The van der Waals surface area contributed by atoms with E-state index >= 15 is 0 Å². The van der Waals surface area contributed by atoms with Crippen molar-refractivity contribution in [3.63, 3.8) is 0 Å². The molecule has 2 rings (SSSR count). The van der Waals surface area contributed by atoms with Gasteiger partial charge in [-0.2, -0.15) is 0 Å². The summed E-state index contributed by atoms with van der Waals surface area (Å²) in [7, 11) is 0. The number of carbonyl (C=O) groups excluding carboxylic acids is 1. The van der Waals surface area contributed by atoms with Gasteiger partial charge in [-0.15, -0.1) is 0 Å². The van der Waals surface area contributed by atoms with Gasteiger partial charge in [0, 0.05) is 38.6 Å². The van der Waals surface area contributed by atoms with Crippen LogP contribution in [0.15, 0.2) is 0 Å². The predicted octanol–water partition coefficient (Wildman–Crippen LogP) is 0.955. The summed E-state index contributed by atoms with van der Waals surface area (Å²) in [4.78, 5) is 12.1. The van der Waals surface area contributed by atoms with E-state index in [1.54, 1.807) is 0 Å². The van der Waals surface area contributed by atoms with Gasteiger partial charge >= 0.3 is 0 Å². The van der Waals surface area contributed by atoms with Gasteiger partial charge in [-0.1, -0.05) is 19.3 Å². The normalized spacial score (nSPS) is 25.1. The Kier molecular flexibility index (Phi) is 5.81. The Balaban J connectivity index is 1.70. The number of ether oxygens (including phenoxy) is 1. The molecule has 1 saturated carbocycles. The Morgan fingerprint density at radius 3 is 2.60 bits per heavy atom. The molecule has 0 bridgehead atoms. The maximum atomic E-state index is 12.1. The Bertz CT molecular complexity index is 310. The fourth-order valence-corrected chi connectivity index (χ4v) is 2.94. The molecule has 1 heterocycles. The van der Waals surface area contributed by atoms with Gasteiger partial charge in [0.15, 0.2) is 0 Å². The molecule has 0 aromatic heterocycles. The van der Waals surface area contributed by atoms with Crippen LogP contribution in [0.25, 0.3) is 0 Å². The quantitative estimate of drug-likeness (QED) is 0.703.